The second-order valence-corrected chi connectivity index (χ2v) is 6.27. The van der Waals surface area contributed by atoms with Crippen molar-refractivity contribution in [2.75, 3.05) is 4.90 Å². The molecule has 0 radical (unpaired) electrons. The van der Waals surface area contributed by atoms with E-state index in [1.807, 2.05) is 31.2 Å². The summed E-state index contributed by atoms with van der Waals surface area (Å²) in [4.78, 5) is 26.4. The Kier molecular flexibility index (Phi) is 4.57. The smallest absolute Gasteiger partial charge is 0.243 e. The van der Waals surface area contributed by atoms with Crippen molar-refractivity contribution in [1.29, 1.82) is 0 Å². The number of anilines is 1. The molecule has 1 atom stereocenters. The summed E-state index contributed by atoms with van der Waals surface area (Å²) >= 11 is 6.10. The van der Waals surface area contributed by atoms with Crippen LogP contribution in [0.4, 0.5) is 5.82 Å². The molecule has 1 aromatic heterocycles. The van der Waals surface area contributed by atoms with Gasteiger partial charge in [-0.3, -0.25) is 14.5 Å². The summed E-state index contributed by atoms with van der Waals surface area (Å²) in [5, 5.41) is 7.81. The fourth-order valence-corrected chi connectivity index (χ4v) is 3.05. The first-order chi connectivity index (χ1) is 11.5. The lowest BCUT2D eigenvalue weighted by atomic mass is 10.2. The number of hydrogen-bond acceptors (Lipinski definition) is 3. The monoisotopic (exact) mass is 346 g/mol. The van der Waals surface area contributed by atoms with Crippen LogP contribution in [0.3, 0.4) is 0 Å². The number of hydrogen-bond donors (Lipinski definition) is 1. The average Bonchev–Trinajstić information content (AvgIpc) is 2.93. The molecule has 1 aromatic carbocycles. The zero-order valence-corrected chi connectivity index (χ0v) is 14.4. The lowest BCUT2D eigenvalue weighted by Crippen LogP contribution is -2.50. The summed E-state index contributed by atoms with van der Waals surface area (Å²) in [6.45, 7) is 4.46. The Morgan fingerprint density at radius 2 is 2.17 bits per heavy atom. The van der Waals surface area contributed by atoms with Crippen LogP contribution in [0.5, 0.6) is 0 Å². The van der Waals surface area contributed by atoms with Crippen molar-refractivity contribution in [1.82, 2.24) is 15.1 Å². The second-order valence-electron chi connectivity index (χ2n) is 5.87. The molecular formula is C17H19ClN4O2. The van der Waals surface area contributed by atoms with Crippen LogP contribution < -0.4 is 10.2 Å². The molecule has 2 amide bonds. The number of benzene rings is 1. The topological polar surface area (TPSA) is 67.2 Å². The van der Waals surface area contributed by atoms with Gasteiger partial charge in [-0.1, -0.05) is 29.8 Å². The van der Waals surface area contributed by atoms with E-state index in [1.165, 1.54) is 4.90 Å². The van der Waals surface area contributed by atoms with E-state index in [0.717, 1.165) is 11.3 Å². The standard InChI is InChI=1S/C17H19ClN4O2/c1-11-9-15-21(20-11)8-7-16(23)22(15)12(2)17(24)19-10-13-5-3-4-6-14(13)18/h3-6,9,12H,7-8,10H2,1-2H3,(H,19,24)/t12-/m0/s1. The van der Waals surface area contributed by atoms with Crippen molar-refractivity contribution in [3.63, 3.8) is 0 Å². The number of rotatable bonds is 4. The molecule has 3 rings (SSSR count). The number of nitrogens with zero attached hydrogens (tertiary/aromatic N) is 3. The molecule has 0 unspecified atom stereocenters. The van der Waals surface area contributed by atoms with Crippen LogP contribution in [-0.2, 0) is 22.7 Å². The molecule has 0 saturated carbocycles. The summed E-state index contributed by atoms with van der Waals surface area (Å²) in [6.07, 6.45) is 0.344. The van der Waals surface area contributed by atoms with Gasteiger partial charge in [0, 0.05) is 24.1 Å². The molecule has 126 valence electrons. The third-order valence-corrected chi connectivity index (χ3v) is 4.48. The third-order valence-electron chi connectivity index (χ3n) is 4.11. The Balaban J connectivity index is 1.73. The van der Waals surface area contributed by atoms with Gasteiger partial charge in [0.1, 0.15) is 11.9 Å². The number of aromatic nitrogens is 2. The van der Waals surface area contributed by atoms with Crippen LogP contribution >= 0.6 is 11.6 Å². The van der Waals surface area contributed by atoms with Gasteiger partial charge in [0.15, 0.2) is 0 Å². The van der Waals surface area contributed by atoms with E-state index in [1.54, 1.807) is 17.7 Å². The second kappa shape index (κ2) is 6.65. The summed E-state index contributed by atoms with van der Waals surface area (Å²) in [5.74, 6) is 0.377. The van der Waals surface area contributed by atoms with Crippen LogP contribution in [0, 0.1) is 6.92 Å². The van der Waals surface area contributed by atoms with Crippen LogP contribution in [0.1, 0.15) is 24.6 Å². The highest BCUT2D eigenvalue weighted by Gasteiger charge is 2.32. The largest absolute Gasteiger partial charge is 0.350 e. The summed E-state index contributed by atoms with van der Waals surface area (Å²) in [6, 6.07) is 8.56. The lowest BCUT2D eigenvalue weighted by Gasteiger charge is -2.31. The number of halogens is 1. The van der Waals surface area contributed by atoms with E-state index in [9.17, 15) is 9.59 Å². The van der Waals surface area contributed by atoms with Gasteiger partial charge in [0.05, 0.1) is 12.2 Å². The maximum atomic E-state index is 12.5. The van der Waals surface area contributed by atoms with Crippen LogP contribution in [0.25, 0.3) is 0 Å². The van der Waals surface area contributed by atoms with Crippen molar-refractivity contribution in [2.45, 2.75) is 39.4 Å². The summed E-state index contributed by atoms with van der Waals surface area (Å²) in [7, 11) is 0. The van der Waals surface area contributed by atoms with Crippen LogP contribution in [-0.4, -0.2) is 27.6 Å². The maximum Gasteiger partial charge on any atom is 0.243 e. The van der Waals surface area contributed by atoms with Gasteiger partial charge in [0.25, 0.3) is 0 Å². The predicted octanol–water partition coefficient (Wildman–Crippen LogP) is 2.29. The number of nitrogens with one attached hydrogen (secondary N) is 1. The predicted molar refractivity (Wildman–Crippen MR) is 91.8 cm³/mol. The van der Waals surface area contributed by atoms with E-state index in [-0.39, 0.29) is 11.8 Å². The van der Waals surface area contributed by atoms with E-state index < -0.39 is 6.04 Å². The van der Waals surface area contributed by atoms with Gasteiger partial charge in [-0.2, -0.15) is 5.10 Å². The maximum absolute atomic E-state index is 12.5. The minimum atomic E-state index is -0.616. The van der Waals surface area contributed by atoms with Crippen molar-refractivity contribution in [2.24, 2.45) is 0 Å². The zero-order chi connectivity index (χ0) is 17.3. The van der Waals surface area contributed by atoms with Gasteiger partial charge in [-0.25, -0.2) is 4.68 Å². The van der Waals surface area contributed by atoms with Crippen LogP contribution in [0.15, 0.2) is 30.3 Å². The molecule has 0 bridgehead atoms. The molecule has 1 aliphatic heterocycles. The molecule has 24 heavy (non-hydrogen) atoms. The molecule has 7 heteroatoms. The van der Waals surface area contributed by atoms with Gasteiger partial charge in [-0.05, 0) is 25.5 Å². The first kappa shape index (κ1) is 16.5. The fourth-order valence-electron chi connectivity index (χ4n) is 2.84. The van der Waals surface area contributed by atoms with Crippen LogP contribution in [0.2, 0.25) is 5.02 Å². The number of fused-ring (bicyclic) bond motifs is 1. The van der Waals surface area contributed by atoms with E-state index in [4.69, 9.17) is 11.6 Å². The molecule has 0 fully saturated rings. The number of carbonyl (C=O) groups is 2. The highest BCUT2D eigenvalue weighted by atomic mass is 35.5. The summed E-state index contributed by atoms with van der Waals surface area (Å²) in [5.41, 5.74) is 1.67. The number of carbonyl (C=O) groups excluding carboxylic acids is 2. The van der Waals surface area contributed by atoms with Crippen molar-refractivity contribution >= 4 is 29.2 Å². The molecule has 0 spiro atoms. The number of aryl methyl sites for hydroxylation is 2. The van der Waals surface area contributed by atoms with Gasteiger partial charge in [-0.15, -0.1) is 0 Å². The zero-order valence-electron chi connectivity index (χ0n) is 13.6. The minimum Gasteiger partial charge on any atom is -0.350 e. The molecule has 6 nitrogen and oxygen atoms in total. The average molecular weight is 347 g/mol. The Morgan fingerprint density at radius 3 is 2.92 bits per heavy atom. The highest BCUT2D eigenvalue weighted by molar-refractivity contribution is 6.31. The molecule has 1 aliphatic rings. The van der Waals surface area contributed by atoms with Crippen molar-refractivity contribution in [3.8, 4) is 0 Å². The van der Waals surface area contributed by atoms with E-state index in [2.05, 4.69) is 10.4 Å². The Hall–Kier alpha value is -2.34. The molecule has 1 N–H and O–H groups in total. The van der Waals surface area contributed by atoms with E-state index >= 15 is 0 Å². The van der Waals surface area contributed by atoms with Gasteiger partial charge < -0.3 is 5.32 Å². The normalized spacial score (nSPS) is 15.1. The quantitative estimate of drug-likeness (QED) is 0.923. The Morgan fingerprint density at radius 1 is 1.42 bits per heavy atom. The first-order valence-corrected chi connectivity index (χ1v) is 8.23. The molecule has 2 heterocycles. The summed E-state index contributed by atoms with van der Waals surface area (Å²) < 4.78 is 1.77. The minimum absolute atomic E-state index is 0.0669. The van der Waals surface area contributed by atoms with Gasteiger partial charge >= 0.3 is 0 Å². The fraction of sp³-hybridized carbons (Fsp3) is 0.353. The van der Waals surface area contributed by atoms with E-state index in [0.29, 0.717) is 30.4 Å². The highest BCUT2D eigenvalue weighted by Crippen LogP contribution is 2.25. The molecule has 0 aliphatic carbocycles. The van der Waals surface area contributed by atoms with Crippen molar-refractivity contribution in [3.05, 3.63) is 46.6 Å². The first-order valence-electron chi connectivity index (χ1n) is 7.85. The van der Waals surface area contributed by atoms with Gasteiger partial charge in [0.2, 0.25) is 11.8 Å². The molecule has 2 aromatic rings. The Labute approximate surface area is 145 Å². The SMILES string of the molecule is Cc1cc2n(n1)CCC(=O)N2[C@@H](C)C(=O)NCc1ccccc1Cl. The third kappa shape index (κ3) is 3.14. The lowest BCUT2D eigenvalue weighted by molar-refractivity contribution is -0.126. The Bertz CT molecular complexity index is 787. The number of amides is 2. The van der Waals surface area contributed by atoms with Crippen molar-refractivity contribution < 1.29 is 9.59 Å². The molecular weight excluding hydrogens is 328 g/mol. The molecule has 0 saturated heterocycles.